The number of anilines is 1. The number of methoxy groups -OCH3 is 2. The summed E-state index contributed by atoms with van der Waals surface area (Å²) < 4.78 is 52.0. The van der Waals surface area contributed by atoms with E-state index in [4.69, 9.17) is 18.9 Å². The molecule has 0 aliphatic carbocycles. The molecule has 0 amide bonds. The molecule has 5 aromatic rings. The topological polar surface area (TPSA) is 176 Å². The number of ether oxygens (including phenoxy) is 4. The standard InChI is InChI=1S/C26H24N8O6S/c1-4-39-26-22(40-21-8-6-5-7-20(21)38-3)25(32-41(35,36)18-11-9-17(37-2)10-12-18)28-23(29-26)16-13-14-27-19(15-16)24-30-33-34-31-24/h5-15H,4H2,1-3H3,(H,28,29,32)(H,30,31,33,34). The van der Waals surface area contributed by atoms with Crippen LogP contribution in [0.15, 0.2) is 71.8 Å². The van der Waals surface area contributed by atoms with Gasteiger partial charge in [-0.2, -0.15) is 10.2 Å². The van der Waals surface area contributed by atoms with Gasteiger partial charge in [0.2, 0.25) is 11.6 Å². The molecule has 0 spiro atoms. The zero-order valence-corrected chi connectivity index (χ0v) is 22.9. The monoisotopic (exact) mass is 576 g/mol. The van der Waals surface area contributed by atoms with Crippen LogP contribution in [-0.4, -0.2) is 64.8 Å². The molecule has 2 N–H and O–H groups in total. The molecule has 0 bridgehead atoms. The van der Waals surface area contributed by atoms with Gasteiger partial charge >= 0.3 is 0 Å². The van der Waals surface area contributed by atoms with Crippen molar-refractivity contribution in [2.45, 2.75) is 11.8 Å². The second kappa shape index (κ2) is 11.8. The number of tetrazole rings is 1. The minimum atomic E-state index is -4.15. The van der Waals surface area contributed by atoms with Crippen LogP contribution < -0.4 is 23.7 Å². The molecule has 3 aromatic heterocycles. The summed E-state index contributed by atoms with van der Waals surface area (Å²) in [5, 5.41) is 13.8. The third-order valence-electron chi connectivity index (χ3n) is 5.59. The summed E-state index contributed by atoms with van der Waals surface area (Å²) in [4.78, 5) is 13.3. The van der Waals surface area contributed by atoms with Crippen LogP contribution in [0, 0.1) is 0 Å². The van der Waals surface area contributed by atoms with E-state index in [0.717, 1.165) is 0 Å². The lowest BCUT2D eigenvalue weighted by atomic mass is 10.2. The smallest absolute Gasteiger partial charge is 0.263 e. The van der Waals surface area contributed by atoms with E-state index in [9.17, 15) is 8.42 Å². The highest BCUT2D eigenvalue weighted by Crippen LogP contribution is 2.41. The number of pyridine rings is 1. The van der Waals surface area contributed by atoms with Crippen LogP contribution in [0.5, 0.6) is 28.9 Å². The summed E-state index contributed by atoms with van der Waals surface area (Å²) >= 11 is 0. The SMILES string of the molecule is CCOc1nc(-c2ccnc(-c3nn[nH]n3)c2)nc(NS(=O)(=O)c2ccc(OC)cc2)c1Oc1ccccc1OC. The van der Waals surface area contributed by atoms with Crippen molar-refractivity contribution in [2.75, 3.05) is 25.5 Å². The molecule has 2 aromatic carbocycles. The third kappa shape index (κ3) is 5.99. The zero-order valence-electron chi connectivity index (χ0n) is 22.1. The van der Waals surface area contributed by atoms with Gasteiger partial charge in [0.05, 0.1) is 25.7 Å². The first-order chi connectivity index (χ1) is 19.9. The maximum absolute atomic E-state index is 13.5. The number of nitrogens with zero attached hydrogens (tertiary/aromatic N) is 6. The van der Waals surface area contributed by atoms with Gasteiger partial charge in [0.1, 0.15) is 11.4 Å². The van der Waals surface area contributed by atoms with E-state index in [1.165, 1.54) is 44.7 Å². The number of nitrogens with one attached hydrogen (secondary N) is 2. The van der Waals surface area contributed by atoms with Crippen molar-refractivity contribution in [2.24, 2.45) is 0 Å². The number of aromatic amines is 1. The molecule has 0 aliphatic rings. The van der Waals surface area contributed by atoms with Gasteiger partial charge in [0.25, 0.3) is 15.9 Å². The summed E-state index contributed by atoms with van der Waals surface area (Å²) in [6.07, 6.45) is 1.52. The quantitative estimate of drug-likeness (QED) is 0.233. The summed E-state index contributed by atoms with van der Waals surface area (Å²) in [5.74, 6) is 1.34. The molecular formula is C26H24N8O6S. The zero-order chi connectivity index (χ0) is 28.8. The molecule has 5 rings (SSSR count). The van der Waals surface area contributed by atoms with Crippen LogP contribution in [0.4, 0.5) is 5.82 Å². The van der Waals surface area contributed by atoms with E-state index in [0.29, 0.717) is 28.5 Å². The number of benzene rings is 2. The minimum Gasteiger partial charge on any atom is -0.497 e. The molecule has 0 radical (unpaired) electrons. The van der Waals surface area contributed by atoms with E-state index >= 15 is 0 Å². The Morgan fingerprint density at radius 2 is 1.71 bits per heavy atom. The molecule has 3 heterocycles. The normalized spacial score (nSPS) is 11.1. The van der Waals surface area contributed by atoms with Crippen molar-refractivity contribution in [1.29, 1.82) is 0 Å². The number of hydrogen-bond acceptors (Lipinski definition) is 12. The van der Waals surface area contributed by atoms with E-state index < -0.39 is 10.0 Å². The Hall–Kier alpha value is -5.31. The molecule has 0 atom stereocenters. The Morgan fingerprint density at radius 1 is 0.927 bits per heavy atom. The van der Waals surface area contributed by atoms with Gasteiger partial charge in [-0.15, -0.1) is 10.2 Å². The Labute approximate surface area is 234 Å². The Morgan fingerprint density at radius 3 is 2.39 bits per heavy atom. The van der Waals surface area contributed by atoms with Gasteiger partial charge in [-0.3, -0.25) is 9.71 Å². The first-order valence-corrected chi connectivity index (χ1v) is 13.6. The summed E-state index contributed by atoms with van der Waals surface area (Å²) in [5.41, 5.74) is 0.877. The summed E-state index contributed by atoms with van der Waals surface area (Å²) in [7, 11) is -1.17. The molecular weight excluding hydrogens is 552 g/mol. The van der Waals surface area contributed by atoms with Gasteiger partial charge in [-0.1, -0.05) is 12.1 Å². The number of H-pyrrole nitrogens is 1. The lowest BCUT2D eigenvalue weighted by Gasteiger charge is -2.18. The van der Waals surface area contributed by atoms with E-state index in [-0.39, 0.29) is 40.6 Å². The van der Waals surface area contributed by atoms with Crippen molar-refractivity contribution in [3.63, 3.8) is 0 Å². The summed E-state index contributed by atoms with van der Waals surface area (Å²) in [6, 6.07) is 16.0. The van der Waals surface area contributed by atoms with Crippen molar-refractivity contribution in [1.82, 2.24) is 35.6 Å². The third-order valence-corrected chi connectivity index (χ3v) is 6.94. The van der Waals surface area contributed by atoms with Crippen LogP contribution in [0.25, 0.3) is 22.9 Å². The Kier molecular flexibility index (Phi) is 7.87. The number of aromatic nitrogens is 7. The van der Waals surface area contributed by atoms with Crippen molar-refractivity contribution < 1.29 is 27.4 Å². The van der Waals surface area contributed by atoms with Crippen LogP contribution in [0.2, 0.25) is 0 Å². The highest BCUT2D eigenvalue weighted by molar-refractivity contribution is 7.92. The average molecular weight is 577 g/mol. The lowest BCUT2D eigenvalue weighted by Crippen LogP contribution is -2.16. The van der Waals surface area contributed by atoms with E-state index in [1.807, 2.05) is 0 Å². The van der Waals surface area contributed by atoms with Crippen LogP contribution in [0.3, 0.4) is 0 Å². The largest absolute Gasteiger partial charge is 0.497 e. The van der Waals surface area contributed by atoms with Gasteiger partial charge in [0.15, 0.2) is 23.1 Å². The predicted molar refractivity (Wildman–Crippen MR) is 146 cm³/mol. The molecule has 210 valence electrons. The van der Waals surface area contributed by atoms with Crippen molar-refractivity contribution in [3.8, 4) is 51.8 Å². The number of sulfonamides is 1. The maximum Gasteiger partial charge on any atom is 0.263 e. The number of hydrogen-bond donors (Lipinski definition) is 2. The predicted octanol–water partition coefficient (Wildman–Crippen LogP) is 3.73. The Bertz CT molecular complexity index is 1750. The van der Waals surface area contributed by atoms with Gasteiger partial charge < -0.3 is 18.9 Å². The van der Waals surface area contributed by atoms with Crippen LogP contribution >= 0.6 is 0 Å². The van der Waals surface area contributed by atoms with Crippen molar-refractivity contribution >= 4 is 15.8 Å². The van der Waals surface area contributed by atoms with Gasteiger partial charge in [-0.05, 0) is 60.7 Å². The van der Waals surface area contributed by atoms with Gasteiger partial charge in [-0.25, -0.2) is 13.4 Å². The fraction of sp³-hybridized carbons (Fsp3) is 0.154. The first kappa shape index (κ1) is 27.3. The highest BCUT2D eigenvalue weighted by atomic mass is 32.2. The number of rotatable bonds is 11. The van der Waals surface area contributed by atoms with Crippen molar-refractivity contribution in [3.05, 3.63) is 66.9 Å². The molecule has 0 saturated heterocycles. The molecule has 0 unspecified atom stereocenters. The molecule has 0 saturated carbocycles. The maximum atomic E-state index is 13.5. The molecule has 15 heteroatoms. The average Bonchev–Trinajstić information content (AvgIpc) is 3.54. The highest BCUT2D eigenvalue weighted by Gasteiger charge is 2.25. The van der Waals surface area contributed by atoms with Crippen LogP contribution in [-0.2, 0) is 10.0 Å². The van der Waals surface area contributed by atoms with Crippen LogP contribution in [0.1, 0.15) is 6.92 Å². The van der Waals surface area contributed by atoms with E-state index in [2.05, 4.69) is 40.3 Å². The van der Waals surface area contributed by atoms with Gasteiger partial charge in [0, 0.05) is 11.8 Å². The minimum absolute atomic E-state index is 0.00578. The second-order valence-corrected chi connectivity index (χ2v) is 9.84. The Balaban J connectivity index is 1.65. The number of para-hydroxylation sites is 2. The molecule has 14 nitrogen and oxygen atoms in total. The fourth-order valence-electron chi connectivity index (χ4n) is 3.67. The lowest BCUT2D eigenvalue weighted by molar-refractivity contribution is 0.304. The molecule has 0 fully saturated rings. The molecule has 0 aliphatic heterocycles. The molecule has 41 heavy (non-hydrogen) atoms. The second-order valence-electron chi connectivity index (χ2n) is 8.16. The fourth-order valence-corrected chi connectivity index (χ4v) is 4.68. The first-order valence-electron chi connectivity index (χ1n) is 12.1. The van der Waals surface area contributed by atoms with E-state index in [1.54, 1.807) is 43.3 Å². The summed E-state index contributed by atoms with van der Waals surface area (Å²) in [6.45, 7) is 1.96.